The van der Waals surface area contributed by atoms with Crippen LogP contribution in [0.2, 0.25) is 0 Å². The Balaban J connectivity index is 2.16. The minimum Gasteiger partial charge on any atom is -0.394 e. The van der Waals surface area contributed by atoms with Crippen molar-refractivity contribution in [3.05, 3.63) is 0 Å². The van der Waals surface area contributed by atoms with Crippen molar-refractivity contribution in [3.8, 4) is 0 Å². The monoisotopic (exact) mass is 442 g/mol. The first kappa shape index (κ1) is 25.5. The molecule has 176 valence electrons. The van der Waals surface area contributed by atoms with Crippen LogP contribution in [-0.4, -0.2) is 133 Å². The molecule has 2 fully saturated rings. The topological polar surface area (TPSA) is 216 Å². The van der Waals surface area contributed by atoms with E-state index in [0.717, 1.165) is 0 Å². The summed E-state index contributed by atoms with van der Waals surface area (Å²) in [6, 6.07) is 0. The fourth-order valence-electron chi connectivity index (χ4n) is 3.27. The fraction of sp³-hybridized carbons (Fsp3) is 0.941. The predicted octanol–water partition coefficient (Wildman–Crippen LogP) is -5.04. The third-order valence-corrected chi connectivity index (χ3v) is 5.17. The van der Waals surface area contributed by atoms with Gasteiger partial charge in [-0.25, -0.2) is 0 Å². The summed E-state index contributed by atoms with van der Waals surface area (Å²) in [5, 5.41) is 79.3. The molecule has 0 bridgehead atoms. The lowest BCUT2D eigenvalue weighted by Gasteiger charge is -2.43. The highest BCUT2D eigenvalue weighted by molar-refractivity contribution is 5.56. The molecular weight excluding hydrogens is 412 g/mol. The highest BCUT2D eigenvalue weighted by Gasteiger charge is 2.51. The van der Waals surface area contributed by atoms with Gasteiger partial charge in [0.05, 0.1) is 18.8 Å². The van der Waals surface area contributed by atoms with Crippen molar-refractivity contribution >= 4 is 6.29 Å². The summed E-state index contributed by atoms with van der Waals surface area (Å²) >= 11 is 0. The second kappa shape index (κ2) is 10.7. The van der Waals surface area contributed by atoms with Crippen molar-refractivity contribution in [2.75, 3.05) is 6.61 Å². The van der Waals surface area contributed by atoms with Gasteiger partial charge in [0.25, 0.3) is 0 Å². The predicted molar refractivity (Wildman–Crippen MR) is 93.6 cm³/mol. The summed E-state index contributed by atoms with van der Waals surface area (Å²) in [6.07, 6.45) is -19.6. The van der Waals surface area contributed by atoms with Gasteiger partial charge in [-0.15, -0.1) is 0 Å². The number of aldehydes is 1. The molecule has 0 aliphatic carbocycles. The molecule has 2 aliphatic rings. The third kappa shape index (κ3) is 5.32. The summed E-state index contributed by atoms with van der Waals surface area (Å²) in [5.41, 5.74) is 0. The summed E-state index contributed by atoms with van der Waals surface area (Å²) in [4.78, 5) is 11.0. The van der Waals surface area contributed by atoms with Crippen LogP contribution >= 0.6 is 0 Å². The van der Waals surface area contributed by atoms with Crippen LogP contribution in [0.1, 0.15) is 13.8 Å². The molecule has 2 aliphatic heterocycles. The molecule has 0 unspecified atom stereocenters. The number of carbonyl (C=O) groups excluding carboxylic acids is 1. The Kier molecular flexibility index (Phi) is 9.05. The molecule has 8 N–H and O–H groups in total. The first-order chi connectivity index (χ1) is 14.0. The Morgan fingerprint density at radius 1 is 0.967 bits per heavy atom. The van der Waals surface area contributed by atoms with Gasteiger partial charge in [0.2, 0.25) is 0 Å². The molecule has 0 radical (unpaired) electrons. The van der Waals surface area contributed by atoms with Crippen LogP contribution in [0.3, 0.4) is 0 Å². The van der Waals surface area contributed by atoms with Crippen molar-refractivity contribution in [2.45, 2.75) is 93.6 Å². The van der Waals surface area contributed by atoms with Gasteiger partial charge in [-0.1, -0.05) is 0 Å². The largest absolute Gasteiger partial charge is 0.394 e. The summed E-state index contributed by atoms with van der Waals surface area (Å²) in [6.45, 7) is 1.98. The van der Waals surface area contributed by atoms with Crippen molar-refractivity contribution in [1.82, 2.24) is 0 Å². The zero-order valence-corrected chi connectivity index (χ0v) is 16.4. The number of hydrogen-bond donors (Lipinski definition) is 8. The molecule has 0 saturated carbocycles. The molecule has 13 heteroatoms. The van der Waals surface area contributed by atoms with Gasteiger partial charge in [0.15, 0.2) is 18.9 Å². The Morgan fingerprint density at radius 3 is 2.10 bits per heavy atom. The van der Waals surface area contributed by atoms with E-state index >= 15 is 0 Å². The van der Waals surface area contributed by atoms with Gasteiger partial charge in [-0.05, 0) is 13.8 Å². The number of aliphatic hydroxyl groups is 8. The van der Waals surface area contributed by atoms with Crippen molar-refractivity contribution < 1.29 is 64.6 Å². The SMILES string of the molecule is C[C@H](O)[C@H](O)[C@@H](O[C@@H]1O[C@@H](C)[C@H](O)[C@@H](O[C@@H]2O[C@H](CO)[C@@H](O)[C@H]2O)[C@H]1O)[C@@H](O)C=O. The first-order valence-electron chi connectivity index (χ1n) is 9.47. The molecule has 13 nitrogen and oxygen atoms in total. The summed E-state index contributed by atoms with van der Waals surface area (Å²) < 4.78 is 21.3. The molecule has 0 aromatic carbocycles. The van der Waals surface area contributed by atoms with Gasteiger partial charge in [0, 0.05) is 0 Å². The maximum absolute atomic E-state index is 11.0. The second-order valence-electron chi connectivity index (χ2n) is 7.46. The summed E-state index contributed by atoms with van der Waals surface area (Å²) in [5.74, 6) is 0. The molecule has 0 spiro atoms. The third-order valence-electron chi connectivity index (χ3n) is 5.17. The fourth-order valence-corrected chi connectivity index (χ4v) is 3.27. The van der Waals surface area contributed by atoms with E-state index in [2.05, 4.69) is 0 Å². The highest BCUT2D eigenvalue weighted by Crippen LogP contribution is 2.30. The number of hydrogen-bond acceptors (Lipinski definition) is 13. The summed E-state index contributed by atoms with van der Waals surface area (Å²) in [7, 11) is 0. The lowest BCUT2D eigenvalue weighted by Crippen LogP contribution is -2.61. The smallest absolute Gasteiger partial charge is 0.187 e. The number of ether oxygens (including phenoxy) is 4. The Hall–Kier alpha value is -0.810. The maximum Gasteiger partial charge on any atom is 0.187 e. The molecule has 2 heterocycles. The lowest BCUT2D eigenvalue weighted by atomic mass is 9.98. The van der Waals surface area contributed by atoms with E-state index in [9.17, 15) is 40.5 Å². The van der Waals surface area contributed by atoms with Crippen LogP contribution in [0.5, 0.6) is 0 Å². The number of rotatable bonds is 9. The molecular formula is C17H30O13. The van der Waals surface area contributed by atoms with Gasteiger partial charge in [0.1, 0.15) is 54.9 Å². The zero-order valence-electron chi connectivity index (χ0n) is 16.4. The van der Waals surface area contributed by atoms with E-state index in [-0.39, 0.29) is 6.29 Å². The molecule has 0 aromatic heterocycles. The highest BCUT2D eigenvalue weighted by atomic mass is 16.7. The Labute approximate surface area is 172 Å². The Morgan fingerprint density at radius 2 is 1.60 bits per heavy atom. The van der Waals surface area contributed by atoms with Crippen LogP contribution in [0.4, 0.5) is 0 Å². The van der Waals surface area contributed by atoms with Gasteiger partial charge in [-0.3, -0.25) is 0 Å². The Bertz CT molecular complexity index is 548. The van der Waals surface area contributed by atoms with Crippen LogP contribution in [-0.2, 0) is 23.7 Å². The standard InChI is InChI=1S/C17H30O13/c1-5(20)9(22)14(7(21)3-18)29-17-13(26)15(10(23)6(2)27-17)30-16-12(25)11(24)8(4-19)28-16/h3,5-17,19-26H,4H2,1-2H3/t5-,6-,7-,8+,9-,10-,11+,12+,13+,14-,15+,16-,17-/m0/s1. The maximum atomic E-state index is 11.0. The first-order valence-corrected chi connectivity index (χ1v) is 9.47. The van der Waals surface area contributed by atoms with E-state index in [0.29, 0.717) is 0 Å². The van der Waals surface area contributed by atoms with E-state index in [1.54, 1.807) is 0 Å². The van der Waals surface area contributed by atoms with Crippen molar-refractivity contribution in [2.24, 2.45) is 0 Å². The molecule has 2 rings (SSSR count). The minimum absolute atomic E-state index is 0.0663. The van der Waals surface area contributed by atoms with Gasteiger partial charge >= 0.3 is 0 Å². The van der Waals surface area contributed by atoms with E-state index in [1.807, 2.05) is 0 Å². The van der Waals surface area contributed by atoms with Crippen molar-refractivity contribution in [3.63, 3.8) is 0 Å². The van der Waals surface area contributed by atoms with E-state index in [4.69, 9.17) is 24.1 Å². The van der Waals surface area contributed by atoms with Crippen LogP contribution in [0, 0.1) is 0 Å². The van der Waals surface area contributed by atoms with Crippen LogP contribution in [0.15, 0.2) is 0 Å². The average molecular weight is 442 g/mol. The molecule has 0 amide bonds. The number of aliphatic hydroxyl groups excluding tert-OH is 8. The molecule has 30 heavy (non-hydrogen) atoms. The van der Waals surface area contributed by atoms with Gasteiger partial charge < -0.3 is 64.6 Å². The molecule has 2 saturated heterocycles. The van der Waals surface area contributed by atoms with Crippen molar-refractivity contribution in [1.29, 1.82) is 0 Å². The quantitative estimate of drug-likeness (QED) is 0.157. The van der Waals surface area contributed by atoms with E-state index in [1.165, 1.54) is 13.8 Å². The zero-order chi connectivity index (χ0) is 22.7. The van der Waals surface area contributed by atoms with Crippen LogP contribution < -0.4 is 0 Å². The average Bonchev–Trinajstić information content (AvgIpc) is 2.99. The van der Waals surface area contributed by atoms with Crippen LogP contribution in [0.25, 0.3) is 0 Å². The molecule has 0 aromatic rings. The normalized spacial score (nSPS) is 43.7. The second-order valence-corrected chi connectivity index (χ2v) is 7.46. The minimum atomic E-state index is -1.87. The van der Waals surface area contributed by atoms with E-state index < -0.39 is 86.3 Å². The lowest BCUT2D eigenvalue weighted by molar-refractivity contribution is -0.340. The van der Waals surface area contributed by atoms with Gasteiger partial charge in [-0.2, -0.15) is 0 Å². The molecule has 13 atom stereocenters. The number of carbonyl (C=O) groups is 1.